The van der Waals surface area contributed by atoms with Crippen LogP contribution in [0.4, 0.5) is 0 Å². The molecule has 148 valence electrons. The second-order valence-corrected chi connectivity index (χ2v) is 7.60. The fraction of sp³-hybridized carbons (Fsp3) is 0.391. The second kappa shape index (κ2) is 9.51. The van der Waals surface area contributed by atoms with Gasteiger partial charge < -0.3 is 15.1 Å². The molecule has 0 bridgehead atoms. The molecule has 1 saturated heterocycles. The summed E-state index contributed by atoms with van der Waals surface area (Å²) in [5, 5.41) is 2.92. The predicted octanol–water partition coefficient (Wildman–Crippen LogP) is 1.49. The molecule has 0 aromatic heterocycles. The van der Waals surface area contributed by atoms with Gasteiger partial charge in [0.2, 0.25) is 11.8 Å². The van der Waals surface area contributed by atoms with Gasteiger partial charge in [0.1, 0.15) is 6.54 Å². The lowest BCUT2D eigenvalue weighted by Gasteiger charge is -2.33. The molecule has 0 spiro atoms. The normalized spacial score (nSPS) is 15.9. The molecule has 1 heterocycles. The van der Waals surface area contributed by atoms with E-state index in [0.29, 0.717) is 6.42 Å². The fourth-order valence-corrected chi connectivity index (χ4v) is 3.81. The van der Waals surface area contributed by atoms with Crippen molar-refractivity contribution in [2.24, 2.45) is 0 Å². The lowest BCUT2D eigenvalue weighted by molar-refractivity contribution is -0.917. The van der Waals surface area contributed by atoms with Gasteiger partial charge in [-0.15, -0.1) is 0 Å². The Morgan fingerprint density at radius 3 is 2.32 bits per heavy atom. The van der Waals surface area contributed by atoms with Crippen LogP contribution in [0.15, 0.2) is 54.6 Å². The molecule has 3 rings (SSSR count). The number of hydrogen-bond donors (Lipinski definition) is 2. The summed E-state index contributed by atoms with van der Waals surface area (Å²) in [6, 6.07) is 17.9. The lowest BCUT2D eigenvalue weighted by atomic mass is 10.0. The van der Waals surface area contributed by atoms with Crippen molar-refractivity contribution in [2.75, 3.05) is 26.2 Å². The number of benzene rings is 2. The molecule has 5 heteroatoms. The highest BCUT2D eigenvalue weighted by molar-refractivity contribution is 5.79. The SMILES string of the molecule is CC(=O)N[C@@H](CC(=O)N1CC[NH+](Cc2ccccc2C)CC1)c1ccccc1. The van der Waals surface area contributed by atoms with E-state index in [1.165, 1.54) is 23.0 Å². The van der Waals surface area contributed by atoms with E-state index in [9.17, 15) is 9.59 Å². The Bertz CT molecular complexity index is 799. The molecule has 2 aromatic carbocycles. The van der Waals surface area contributed by atoms with Crippen LogP contribution >= 0.6 is 0 Å². The maximum Gasteiger partial charge on any atom is 0.225 e. The van der Waals surface area contributed by atoms with Crippen molar-refractivity contribution in [2.45, 2.75) is 32.9 Å². The average Bonchev–Trinajstić information content (AvgIpc) is 2.70. The minimum atomic E-state index is -0.274. The number of nitrogens with zero attached hydrogens (tertiary/aromatic N) is 1. The molecule has 0 aliphatic carbocycles. The van der Waals surface area contributed by atoms with Crippen molar-refractivity contribution < 1.29 is 14.5 Å². The Kier molecular flexibility index (Phi) is 6.82. The van der Waals surface area contributed by atoms with E-state index in [2.05, 4.69) is 36.5 Å². The summed E-state index contributed by atoms with van der Waals surface area (Å²) in [7, 11) is 0. The van der Waals surface area contributed by atoms with Crippen molar-refractivity contribution in [3.63, 3.8) is 0 Å². The van der Waals surface area contributed by atoms with Gasteiger partial charge in [0, 0.05) is 12.5 Å². The Labute approximate surface area is 167 Å². The van der Waals surface area contributed by atoms with Gasteiger partial charge in [-0.2, -0.15) is 0 Å². The summed E-state index contributed by atoms with van der Waals surface area (Å²) in [6.07, 6.45) is 0.302. The summed E-state index contributed by atoms with van der Waals surface area (Å²) in [5.41, 5.74) is 3.68. The zero-order valence-corrected chi connectivity index (χ0v) is 16.8. The van der Waals surface area contributed by atoms with E-state index in [1.54, 1.807) is 0 Å². The zero-order chi connectivity index (χ0) is 19.9. The number of hydrogen-bond acceptors (Lipinski definition) is 2. The van der Waals surface area contributed by atoms with Crippen molar-refractivity contribution in [3.8, 4) is 0 Å². The molecular formula is C23H30N3O2+. The van der Waals surface area contributed by atoms with Crippen LogP contribution in [0, 0.1) is 6.92 Å². The van der Waals surface area contributed by atoms with Gasteiger partial charge in [-0.3, -0.25) is 9.59 Å². The van der Waals surface area contributed by atoms with E-state index < -0.39 is 0 Å². The molecule has 0 saturated carbocycles. The van der Waals surface area contributed by atoms with E-state index in [4.69, 9.17) is 0 Å². The first-order valence-electron chi connectivity index (χ1n) is 10.0. The van der Waals surface area contributed by atoms with E-state index >= 15 is 0 Å². The Morgan fingerprint density at radius 2 is 1.68 bits per heavy atom. The molecule has 0 radical (unpaired) electrons. The maximum atomic E-state index is 12.8. The summed E-state index contributed by atoms with van der Waals surface area (Å²) in [4.78, 5) is 27.9. The predicted molar refractivity (Wildman–Crippen MR) is 110 cm³/mol. The van der Waals surface area contributed by atoms with Crippen LogP contribution in [0.1, 0.15) is 36.1 Å². The van der Waals surface area contributed by atoms with Gasteiger partial charge in [0.05, 0.1) is 38.6 Å². The summed E-state index contributed by atoms with van der Waals surface area (Å²) >= 11 is 0. The standard InChI is InChI=1S/C23H29N3O2/c1-18-8-6-7-11-21(18)17-25-12-14-26(15-13-25)23(28)16-22(24-19(2)27)20-9-4-3-5-10-20/h3-11,22H,12-17H2,1-2H3,(H,24,27)/p+1/t22-/m0/s1. The number of amides is 2. The smallest absolute Gasteiger partial charge is 0.225 e. The van der Waals surface area contributed by atoms with Crippen LogP contribution in [-0.4, -0.2) is 42.9 Å². The number of piperazine rings is 1. The molecule has 1 aliphatic heterocycles. The third kappa shape index (κ3) is 5.42. The Balaban J connectivity index is 1.55. The maximum absolute atomic E-state index is 12.8. The highest BCUT2D eigenvalue weighted by atomic mass is 16.2. The molecule has 0 unspecified atom stereocenters. The molecule has 2 N–H and O–H groups in total. The summed E-state index contributed by atoms with van der Waals surface area (Å²) in [6.45, 7) is 8.09. The lowest BCUT2D eigenvalue weighted by Crippen LogP contribution is -3.13. The molecule has 28 heavy (non-hydrogen) atoms. The third-order valence-electron chi connectivity index (χ3n) is 5.48. The first kappa shape index (κ1) is 20.1. The molecule has 2 amide bonds. The summed E-state index contributed by atoms with van der Waals surface area (Å²) in [5.74, 6) is -0.00769. The molecule has 2 aromatic rings. The van der Waals surface area contributed by atoms with Gasteiger partial charge in [-0.1, -0.05) is 54.6 Å². The number of nitrogens with one attached hydrogen (secondary N) is 2. The van der Waals surface area contributed by atoms with Crippen LogP contribution in [-0.2, 0) is 16.1 Å². The Hall–Kier alpha value is -2.66. The van der Waals surface area contributed by atoms with Crippen LogP contribution in [0.5, 0.6) is 0 Å². The van der Waals surface area contributed by atoms with E-state index in [-0.39, 0.29) is 17.9 Å². The number of carbonyl (C=O) groups excluding carboxylic acids is 2. The molecule has 5 nitrogen and oxygen atoms in total. The van der Waals surface area contributed by atoms with Crippen LogP contribution in [0.25, 0.3) is 0 Å². The van der Waals surface area contributed by atoms with E-state index in [1.807, 2.05) is 35.2 Å². The third-order valence-corrected chi connectivity index (χ3v) is 5.48. The van der Waals surface area contributed by atoms with E-state index in [0.717, 1.165) is 38.3 Å². The average molecular weight is 381 g/mol. The number of carbonyl (C=O) groups is 2. The minimum Gasteiger partial charge on any atom is -0.349 e. The van der Waals surface area contributed by atoms with Gasteiger partial charge in [0.25, 0.3) is 0 Å². The monoisotopic (exact) mass is 380 g/mol. The molecule has 1 aliphatic rings. The number of quaternary nitrogens is 1. The van der Waals surface area contributed by atoms with Gasteiger partial charge in [-0.25, -0.2) is 0 Å². The largest absolute Gasteiger partial charge is 0.349 e. The molecule has 1 fully saturated rings. The summed E-state index contributed by atoms with van der Waals surface area (Å²) < 4.78 is 0. The molecular weight excluding hydrogens is 350 g/mol. The van der Waals surface area contributed by atoms with Crippen LogP contribution < -0.4 is 10.2 Å². The fourth-order valence-electron chi connectivity index (χ4n) is 3.81. The second-order valence-electron chi connectivity index (χ2n) is 7.60. The van der Waals surface area contributed by atoms with Crippen molar-refractivity contribution >= 4 is 11.8 Å². The highest BCUT2D eigenvalue weighted by Crippen LogP contribution is 2.18. The van der Waals surface area contributed by atoms with Gasteiger partial charge in [0.15, 0.2) is 0 Å². The quantitative estimate of drug-likeness (QED) is 0.798. The van der Waals surface area contributed by atoms with Crippen LogP contribution in [0.2, 0.25) is 0 Å². The Morgan fingerprint density at radius 1 is 1.04 bits per heavy atom. The first-order valence-corrected chi connectivity index (χ1v) is 10.0. The van der Waals surface area contributed by atoms with Crippen molar-refractivity contribution in [3.05, 3.63) is 71.3 Å². The van der Waals surface area contributed by atoms with Crippen molar-refractivity contribution in [1.29, 1.82) is 0 Å². The topological polar surface area (TPSA) is 53.9 Å². The minimum absolute atomic E-state index is 0.109. The zero-order valence-electron chi connectivity index (χ0n) is 16.8. The van der Waals surface area contributed by atoms with Gasteiger partial charge >= 0.3 is 0 Å². The first-order chi connectivity index (χ1) is 13.5. The molecule has 1 atom stereocenters. The number of rotatable bonds is 6. The van der Waals surface area contributed by atoms with Crippen LogP contribution in [0.3, 0.4) is 0 Å². The van der Waals surface area contributed by atoms with Gasteiger partial charge in [-0.05, 0) is 18.1 Å². The van der Waals surface area contributed by atoms with Crippen molar-refractivity contribution in [1.82, 2.24) is 10.2 Å². The highest BCUT2D eigenvalue weighted by Gasteiger charge is 2.26. The number of aryl methyl sites for hydroxylation is 1.